The third-order valence-electron chi connectivity index (χ3n) is 4.05. The van der Waals surface area contributed by atoms with Gasteiger partial charge >= 0.3 is 5.97 Å². The summed E-state index contributed by atoms with van der Waals surface area (Å²) >= 11 is 6.09. The molecule has 1 amide bonds. The molecule has 0 N–H and O–H groups in total. The topological polar surface area (TPSA) is 55.8 Å². The summed E-state index contributed by atoms with van der Waals surface area (Å²) in [6.45, 7) is 3.82. The van der Waals surface area contributed by atoms with E-state index in [4.69, 9.17) is 21.1 Å². The van der Waals surface area contributed by atoms with Crippen molar-refractivity contribution >= 4 is 29.2 Å². The van der Waals surface area contributed by atoms with Gasteiger partial charge in [0.05, 0.1) is 24.9 Å². The molecule has 2 aromatic carbocycles. The van der Waals surface area contributed by atoms with Gasteiger partial charge in [0, 0.05) is 5.02 Å². The Hall–Kier alpha value is -2.53. The molecule has 0 aliphatic carbocycles. The summed E-state index contributed by atoms with van der Waals surface area (Å²) in [6, 6.07) is 12.2. The number of benzene rings is 2. The molecule has 0 aromatic heterocycles. The van der Waals surface area contributed by atoms with Gasteiger partial charge in [-0.25, -0.2) is 4.79 Å². The van der Waals surface area contributed by atoms with Gasteiger partial charge in [-0.3, -0.25) is 4.79 Å². The van der Waals surface area contributed by atoms with Crippen molar-refractivity contribution in [2.24, 2.45) is 0 Å². The second kappa shape index (κ2) is 6.41. The van der Waals surface area contributed by atoms with Crippen molar-refractivity contribution in [2.75, 3.05) is 12.0 Å². The van der Waals surface area contributed by atoms with Gasteiger partial charge in [-0.05, 0) is 49.7 Å². The molecular weight excluding hydrogens is 342 g/mol. The third-order valence-corrected chi connectivity index (χ3v) is 4.29. The molecule has 1 aliphatic heterocycles. The van der Waals surface area contributed by atoms with Gasteiger partial charge < -0.3 is 14.4 Å². The summed E-state index contributed by atoms with van der Waals surface area (Å²) in [7, 11) is 1.34. The number of ether oxygens (including phenoxy) is 2. The normalized spacial score (nSPS) is 15.4. The maximum atomic E-state index is 12.8. The molecule has 0 unspecified atom stereocenters. The first-order chi connectivity index (χ1) is 11.8. The lowest BCUT2D eigenvalue weighted by Crippen LogP contribution is -2.52. The molecule has 3 rings (SSSR count). The summed E-state index contributed by atoms with van der Waals surface area (Å²) in [5.41, 5.74) is 1.01. The molecule has 5 nitrogen and oxygen atoms in total. The second-order valence-corrected chi connectivity index (χ2v) is 6.74. The third kappa shape index (κ3) is 3.33. The van der Waals surface area contributed by atoms with E-state index >= 15 is 0 Å². The maximum Gasteiger partial charge on any atom is 0.337 e. The highest BCUT2D eigenvalue weighted by atomic mass is 35.5. The fraction of sp³-hybridized carbons (Fsp3) is 0.263. The fourth-order valence-corrected chi connectivity index (χ4v) is 2.91. The largest absolute Gasteiger partial charge is 0.476 e. The first kappa shape index (κ1) is 17.3. The molecule has 0 saturated carbocycles. The Bertz CT molecular complexity index is 830. The smallest absolute Gasteiger partial charge is 0.337 e. The Labute approximate surface area is 151 Å². The Morgan fingerprint density at radius 2 is 1.88 bits per heavy atom. The standard InChI is InChI=1S/C19H18ClNO4/c1-19(2)18(23)21(15-10-14(20)8-9-16(15)25-19)11-12-4-6-13(7-5-12)17(22)24-3/h4-10H,11H2,1-3H3. The van der Waals surface area contributed by atoms with E-state index in [2.05, 4.69) is 0 Å². The van der Waals surface area contributed by atoms with E-state index in [1.165, 1.54) is 7.11 Å². The lowest BCUT2D eigenvalue weighted by Gasteiger charge is -2.39. The summed E-state index contributed by atoms with van der Waals surface area (Å²) in [4.78, 5) is 26.0. The SMILES string of the molecule is COC(=O)c1ccc(CN2C(=O)C(C)(C)Oc3ccc(Cl)cc32)cc1. The summed E-state index contributed by atoms with van der Waals surface area (Å²) in [5, 5.41) is 0.529. The highest BCUT2D eigenvalue weighted by Crippen LogP contribution is 2.40. The number of carbonyl (C=O) groups is 2. The second-order valence-electron chi connectivity index (χ2n) is 6.30. The maximum absolute atomic E-state index is 12.8. The molecule has 1 heterocycles. The quantitative estimate of drug-likeness (QED) is 0.781. The first-order valence-corrected chi connectivity index (χ1v) is 8.17. The van der Waals surface area contributed by atoms with E-state index in [0.29, 0.717) is 28.6 Å². The van der Waals surface area contributed by atoms with E-state index in [9.17, 15) is 9.59 Å². The van der Waals surface area contributed by atoms with Crippen molar-refractivity contribution in [2.45, 2.75) is 26.0 Å². The van der Waals surface area contributed by atoms with Crippen LogP contribution in [-0.4, -0.2) is 24.6 Å². The Morgan fingerprint density at radius 1 is 1.20 bits per heavy atom. The molecular formula is C19H18ClNO4. The lowest BCUT2D eigenvalue weighted by atomic mass is 10.0. The van der Waals surface area contributed by atoms with E-state index < -0.39 is 11.6 Å². The van der Waals surface area contributed by atoms with E-state index in [1.807, 2.05) is 0 Å². The van der Waals surface area contributed by atoms with Crippen LogP contribution in [0.5, 0.6) is 5.75 Å². The molecule has 0 radical (unpaired) electrons. The fourth-order valence-electron chi connectivity index (χ4n) is 2.74. The van der Waals surface area contributed by atoms with Crippen LogP contribution >= 0.6 is 11.6 Å². The monoisotopic (exact) mass is 359 g/mol. The van der Waals surface area contributed by atoms with Crippen LogP contribution in [0.3, 0.4) is 0 Å². The van der Waals surface area contributed by atoms with Gasteiger partial charge in [0.15, 0.2) is 5.60 Å². The zero-order valence-electron chi connectivity index (χ0n) is 14.2. The van der Waals surface area contributed by atoms with Crippen LogP contribution in [0.1, 0.15) is 29.8 Å². The van der Waals surface area contributed by atoms with Crippen molar-refractivity contribution < 1.29 is 19.1 Å². The van der Waals surface area contributed by atoms with Crippen LogP contribution < -0.4 is 9.64 Å². The van der Waals surface area contributed by atoms with Crippen molar-refractivity contribution in [1.29, 1.82) is 0 Å². The number of methoxy groups -OCH3 is 1. The van der Waals surface area contributed by atoms with Crippen molar-refractivity contribution in [3.8, 4) is 5.75 Å². The van der Waals surface area contributed by atoms with Crippen LogP contribution in [0.15, 0.2) is 42.5 Å². The molecule has 25 heavy (non-hydrogen) atoms. The van der Waals surface area contributed by atoms with Crippen LogP contribution in [0.4, 0.5) is 5.69 Å². The molecule has 1 aliphatic rings. The molecule has 0 fully saturated rings. The number of carbonyl (C=O) groups excluding carboxylic acids is 2. The van der Waals surface area contributed by atoms with Gasteiger partial charge in [-0.15, -0.1) is 0 Å². The van der Waals surface area contributed by atoms with Gasteiger partial charge in [-0.2, -0.15) is 0 Å². The average molecular weight is 360 g/mol. The number of amides is 1. The van der Waals surface area contributed by atoms with E-state index in [0.717, 1.165) is 5.56 Å². The zero-order chi connectivity index (χ0) is 18.2. The zero-order valence-corrected chi connectivity index (χ0v) is 15.0. The minimum absolute atomic E-state index is 0.153. The Morgan fingerprint density at radius 3 is 2.52 bits per heavy atom. The van der Waals surface area contributed by atoms with E-state index in [-0.39, 0.29) is 5.91 Å². The molecule has 130 valence electrons. The predicted molar refractivity (Wildman–Crippen MR) is 95.1 cm³/mol. The number of halogens is 1. The number of fused-ring (bicyclic) bond motifs is 1. The first-order valence-electron chi connectivity index (χ1n) is 7.79. The highest BCUT2D eigenvalue weighted by molar-refractivity contribution is 6.31. The average Bonchev–Trinajstić information content (AvgIpc) is 2.59. The minimum atomic E-state index is -0.965. The number of esters is 1. The van der Waals surface area contributed by atoms with Crippen LogP contribution in [0.2, 0.25) is 5.02 Å². The van der Waals surface area contributed by atoms with Crippen LogP contribution in [0.25, 0.3) is 0 Å². The summed E-state index contributed by atoms with van der Waals surface area (Å²) < 4.78 is 10.5. The van der Waals surface area contributed by atoms with Gasteiger partial charge in [-0.1, -0.05) is 23.7 Å². The predicted octanol–water partition coefficient (Wildman–Crippen LogP) is 3.83. The Balaban J connectivity index is 1.94. The minimum Gasteiger partial charge on any atom is -0.476 e. The van der Waals surface area contributed by atoms with Crippen LogP contribution in [-0.2, 0) is 16.1 Å². The molecule has 6 heteroatoms. The molecule has 0 bridgehead atoms. The number of hydrogen-bond acceptors (Lipinski definition) is 4. The molecule has 0 atom stereocenters. The van der Waals surface area contributed by atoms with Crippen molar-refractivity contribution in [3.63, 3.8) is 0 Å². The van der Waals surface area contributed by atoms with Gasteiger partial charge in [0.25, 0.3) is 5.91 Å². The van der Waals surface area contributed by atoms with Crippen molar-refractivity contribution in [1.82, 2.24) is 0 Å². The van der Waals surface area contributed by atoms with E-state index in [1.54, 1.807) is 61.2 Å². The number of anilines is 1. The number of hydrogen-bond donors (Lipinski definition) is 0. The molecule has 0 saturated heterocycles. The number of nitrogens with zero attached hydrogens (tertiary/aromatic N) is 1. The van der Waals surface area contributed by atoms with Gasteiger partial charge in [0.1, 0.15) is 5.75 Å². The molecule has 2 aromatic rings. The number of rotatable bonds is 3. The summed E-state index contributed by atoms with van der Waals surface area (Å²) in [5.74, 6) is 0.0618. The van der Waals surface area contributed by atoms with Crippen molar-refractivity contribution in [3.05, 3.63) is 58.6 Å². The van der Waals surface area contributed by atoms with Gasteiger partial charge in [0.2, 0.25) is 0 Å². The summed E-state index contributed by atoms with van der Waals surface area (Å²) in [6.07, 6.45) is 0. The molecule has 0 spiro atoms. The van der Waals surface area contributed by atoms with Crippen LogP contribution in [0, 0.1) is 0 Å². The Kier molecular flexibility index (Phi) is 4.43. The lowest BCUT2D eigenvalue weighted by molar-refractivity contribution is -0.132. The highest BCUT2D eigenvalue weighted by Gasteiger charge is 2.40.